The van der Waals surface area contributed by atoms with Gasteiger partial charge >= 0.3 is 5.97 Å². The molecule has 0 radical (unpaired) electrons. The molecule has 0 saturated heterocycles. The Balaban J connectivity index is 3.08. The maximum Gasteiger partial charge on any atom is 0.338 e. The second-order valence-electron chi connectivity index (χ2n) is 3.42. The molecule has 0 heterocycles. The van der Waals surface area contributed by atoms with Gasteiger partial charge in [-0.3, -0.25) is 4.79 Å². The average molecular weight is 234 g/mol. The van der Waals surface area contributed by atoms with Crippen molar-refractivity contribution in [2.45, 2.75) is 19.8 Å². The average Bonchev–Trinajstić information content (AvgIpc) is 2.36. The van der Waals surface area contributed by atoms with Crippen molar-refractivity contribution in [3.8, 4) is 0 Å². The van der Waals surface area contributed by atoms with Crippen molar-refractivity contribution in [2.75, 3.05) is 6.61 Å². The van der Waals surface area contributed by atoms with Gasteiger partial charge in [0.05, 0.1) is 12.2 Å². The molecule has 1 aromatic carbocycles. The number of ether oxygens (including phenoxy) is 1. The van der Waals surface area contributed by atoms with E-state index in [0.717, 1.165) is 6.29 Å². The van der Waals surface area contributed by atoms with E-state index >= 15 is 0 Å². The van der Waals surface area contributed by atoms with E-state index in [9.17, 15) is 14.4 Å². The van der Waals surface area contributed by atoms with Crippen molar-refractivity contribution >= 4 is 18.5 Å². The third kappa shape index (κ3) is 3.24. The first-order chi connectivity index (χ1) is 8.24. The highest BCUT2D eigenvalue weighted by molar-refractivity contribution is 5.99. The lowest BCUT2D eigenvalue weighted by Gasteiger charge is -2.08. The van der Waals surface area contributed by atoms with Gasteiger partial charge in [0.15, 0.2) is 6.29 Å². The van der Waals surface area contributed by atoms with Crippen LogP contribution in [0.4, 0.5) is 0 Å². The number of carbonyl (C=O) groups excluding carboxylic acids is 3. The van der Waals surface area contributed by atoms with Crippen molar-refractivity contribution in [1.29, 1.82) is 0 Å². The van der Waals surface area contributed by atoms with E-state index in [4.69, 9.17) is 4.74 Å². The Bertz CT molecular complexity index is 423. The zero-order valence-electron chi connectivity index (χ0n) is 9.64. The third-order valence-electron chi connectivity index (χ3n) is 2.34. The summed E-state index contributed by atoms with van der Waals surface area (Å²) in [6.07, 6.45) is 2.19. The molecule has 0 bridgehead atoms. The Kier molecular flexibility index (Phi) is 5.07. The monoisotopic (exact) mass is 234 g/mol. The van der Waals surface area contributed by atoms with Gasteiger partial charge in [-0.15, -0.1) is 0 Å². The summed E-state index contributed by atoms with van der Waals surface area (Å²) in [4.78, 5) is 32.9. The van der Waals surface area contributed by atoms with Crippen molar-refractivity contribution < 1.29 is 19.1 Å². The number of aldehydes is 2. The van der Waals surface area contributed by atoms with Crippen LogP contribution >= 0.6 is 0 Å². The van der Waals surface area contributed by atoms with Crippen LogP contribution in [0.1, 0.15) is 39.6 Å². The molecular formula is C13H14O4. The Hall–Kier alpha value is -1.97. The maximum absolute atomic E-state index is 11.6. The zero-order valence-corrected chi connectivity index (χ0v) is 9.64. The molecule has 0 atom stereocenters. The number of aryl methyl sites for hydroxylation is 1. The van der Waals surface area contributed by atoms with Crippen LogP contribution in [0.15, 0.2) is 18.2 Å². The summed E-state index contributed by atoms with van der Waals surface area (Å²) in [7, 11) is 0. The molecule has 0 N–H and O–H groups in total. The van der Waals surface area contributed by atoms with Crippen LogP contribution in [-0.4, -0.2) is 25.1 Å². The van der Waals surface area contributed by atoms with Gasteiger partial charge in [-0.1, -0.05) is 12.1 Å². The Morgan fingerprint density at radius 1 is 1.35 bits per heavy atom. The molecule has 90 valence electrons. The fourth-order valence-corrected chi connectivity index (χ4v) is 1.57. The first kappa shape index (κ1) is 13.1. The molecule has 0 aliphatic heterocycles. The van der Waals surface area contributed by atoms with Gasteiger partial charge < -0.3 is 9.53 Å². The smallest absolute Gasteiger partial charge is 0.338 e. The number of benzene rings is 1. The second kappa shape index (κ2) is 6.58. The van der Waals surface area contributed by atoms with Crippen LogP contribution in [0.5, 0.6) is 0 Å². The van der Waals surface area contributed by atoms with Crippen LogP contribution in [0, 0.1) is 0 Å². The van der Waals surface area contributed by atoms with E-state index < -0.39 is 5.97 Å². The van der Waals surface area contributed by atoms with Gasteiger partial charge in [-0.05, 0) is 25.0 Å². The summed E-state index contributed by atoms with van der Waals surface area (Å²) in [6, 6.07) is 4.96. The number of hydrogen-bond donors (Lipinski definition) is 0. The number of rotatable bonds is 6. The van der Waals surface area contributed by atoms with E-state index in [1.165, 1.54) is 0 Å². The number of carbonyl (C=O) groups is 3. The van der Waals surface area contributed by atoms with Crippen molar-refractivity contribution in [3.05, 3.63) is 34.9 Å². The fourth-order valence-electron chi connectivity index (χ4n) is 1.57. The molecule has 1 rings (SSSR count). The largest absolute Gasteiger partial charge is 0.462 e. The molecule has 0 unspecified atom stereocenters. The molecule has 0 aliphatic rings. The maximum atomic E-state index is 11.6. The van der Waals surface area contributed by atoms with Crippen LogP contribution in [-0.2, 0) is 16.0 Å². The van der Waals surface area contributed by atoms with Gasteiger partial charge in [0, 0.05) is 12.0 Å². The van der Waals surface area contributed by atoms with E-state index in [1.54, 1.807) is 25.1 Å². The summed E-state index contributed by atoms with van der Waals surface area (Å²) in [6.45, 7) is 1.96. The van der Waals surface area contributed by atoms with E-state index in [0.29, 0.717) is 30.3 Å². The van der Waals surface area contributed by atoms with Gasteiger partial charge in [0.2, 0.25) is 0 Å². The summed E-state index contributed by atoms with van der Waals surface area (Å²) < 4.78 is 4.86. The minimum Gasteiger partial charge on any atom is -0.462 e. The fraction of sp³-hybridized carbons (Fsp3) is 0.308. The SMILES string of the molecule is CCOC(=O)c1cccc(CCC=O)c1C=O. The molecule has 0 amide bonds. The third-order valence-corrected chi connectivity index (χ3v) is 2.34. The van der Waals surface area contributed by atoms with Crippen LogP contribution in [0.25, 0.3) is 0 Å². The molecule has 0 spiro atoms. The molecule has 0 aliphatic carbocycles. The highest BCUT2D eigenvalue weighted by Crippen LogP contribution is 2.15. The summed E-state index contributed by atoms with van der Waals surface area (Å²) in [5.74, 6) is -0.512. The first-order valence-electron chi connectivity index (χ1n) is 5.42. The Morgan fingerprint density at radius 3 is 2.71 bits per heavy atom. The zero-order chi connectivity index (χ0) is 12.7. The Morgan fingerprint density at radius 2 is 2.12 bits per heavy atom. The lowest BCUT2D eigenvalue weighted by atomic mass is 9.99. The van der Waals surface area contributed by atoms with Crippen molar-refractivity contribution in [1.82, 2.24) is 0 Å². The van der Waals surface area contributed by atoms with Gasteiger partial charge in [-0.2, -0.15) is 0 Å². The predicted octanol–water partition coefficient (Wildman–Crippen LogP) is 1.81. The molecular weight excluding hydrogens is 220 g/mol. The Labute approximate surface area is 99.6 Å². The topological polar surface area (TPSA) is 60.4 Å². The molecule has 1 aromatic rings. The standard InChI is InChI=1S/C13H14O4/c1-2-17-13(16)11-7-3-5-10(6-4-8-14)12(11)9-15/h3,5,7-9H,2,4,6H2,1H3. The normalized spacial score (nSPS) is 9.71. The lowest BCUT2D eigenvalue weighted by molar-refractivity contribution is -0.107. The molecule has 0 saturated carbocycles. The number of hydrogen-bond acceptors (Lipinski definition) is 4. The molecule has 0 aromatic heterocycles. The van der Waals surface area contributed by atoms with E-state index in [2.05, 4.69) is 0 Å². The van der Waals surface area contributed by atoms with E-state index in [1.807, 2.05) is 0 Å². The minimum absolute atomic E-state index is 0.255. The summed E-state index contributed by atoms with van der Waals surface area (Å²) in [5, 5.41) is 0. The van der Waals surface area contributed by atoms with Crippen molar-refractivity contribution in [3.63, 3.8) is 0 Å². The van der Waals surface area contributed by atoms with Gasteiger partial charge in [0.1, 0.15) is 6.29 Å². The lowest BCUT2D eigenvalue weighted by Crippen LogP contribution is -2.10. The number of esters is 1. The molecule has 4 nitrogen and oxygen atoms in total. The highest BCUT2D eigenvalue weighted by atomic mass is 16.5. The van der Waals surface area contributed by atoms with E-state index in [-0.39, 0.29) is 12.2 Å². The second-order valence-corrected chi connectivity index (χ2v) is 3.42. The summed E-state index contributed by atoms with van der Waals surface area (Å²) >= 11 is 0. The molecule has 4 heteroatoms. The van der Waals surface area contributed by atoms with Crippen LogP contribution in [0.2, 0.25) is 0 Å². The molecule has 17 heavy (non-hydrogen) atoms. The van der Waals surface area contributed by atoms with Crippen LogP contribution in [0.3, 0.4) is 0 Å². The van der Waals surface area contributed by atoms with Gasteiger partial charge in [0.25, 0.3) is 0 Å². The van der Waals surface area contributed by atoms with Crippen LogP contribution < -0.4 is 0 Å². The quantitative estimate of drug-likeness (QED) is 0.556. The summed E-state index contributed by atoms with van der Waals surface area (Å²) in [5.41, 5.74) is 1.26. The van der Waals surface area contributed by atoms with Gasteiger partial charge in [-0.25, -0.2) is 4.79 Å². The minimum atomic E-state index is -0.512. The predicted molar refractivity (Wildman–Crippen MR) is 62.2 cm³/mol. The molecule has 0 fully saturated rings. The first-order valence-corrected chi connectivity index (χ1v) is 5.42. The van der Waals surface area contributed by atoms with Crippen molar-refractivity contribution in [2.24, 2.45) is 0 Å². The highest BCUT2D eigenvalue weighted by Gasteiger charge is 2.14.